The highest BCUT2D eigenvalue weighted by Crippen LogP contribution is 2.22. The Hall–Kier alpha value is -1.94. The topological polar surface area (TPSA) is 46.3 Å². The number of likely N-dealkylation sites (N-methyl/N-ethyl adjacent to an activating group) is 1. The van der Waals surface area contributed by atoms with E-state index in [1.54, 1.807) is 35.2 Å². The van der Waals surface area contributed by atoms with E-state index in [1.807, 2.05) is 6.92 Å². The first kappa shape index (κ1) is 13.5. The summed E-state index contributed by atoms with van der Waals surface area (Å²) in [6.45, 7) is 3.40. The zero-order valence-electron chi connectivity index (χ0n) is 10.9. The molecule has 0 spiro atoms. The number of carbonyl (C=O) groups excluding carboxylic acids is 1. The van der Waals surface area contributed by atoms with Crippen LogP contribution in [0, 0.1) is 5.82 Å². The van der Waals surface area contributed by atoms with Crippen molar-refractivity contribution >= 4 is 16.7 Å². The number of benzene rings is 2. The molecule has 4 heteroatoms. The van der Waals surface area contributed by atoms with Gasteiger partial charge in [0.05, 0.1) is 0 Å². The average molecular weight is 260 g/mol. The SMILES string of the molecule is CCN(CCN)C(=O)c1ccc(F)c2ccccc12. The van der Waals surface area contributed by atoms with Crippen LogP contribution in [0.4, 0.5) is 4.39 Å². The molecule has 0 unspecified atom stereocenters. The lowest BCUT2D eigenvalue weighted by Crippen LogP contribution is -2.35. The highest BCUT2D eigenvalue weighted by molar-refractivity contribution is 6.07. The normalized spacial score (nSPS) is 10.7. The molecule has 0 aliphatic rings. The molecule has 3 nitrogen and oxygen atoms in total. The molecule has 19 heavy (non-hydrogen) atoms. The van der Waals surface area contributed by atoms with Crippen molar-refractivity contribution in [2.45, 2.75) is 6.92 Å². The summed E-state index contributed by atoms with van der Waals surface area (Å²) in [6, 6.07) is 9.89. The predicted octanol–water partition coefficient (Wildman–Crippen LogP) is 2.40. The molecular weight excluding hydrogens is 243 g/mol. The average Bonchev–Trinajstić information content (AvgIpc) is 2.45. The Kier molecular flexibility index (Phi) is 4.12. The van der Waals surface area contributed by atoms with Gasteiger partial charge in [0, 0.05) is 30.6 Å². The van der Waals surface area contributed by atoms with Crippen LogP contribution in [-0.2, 0) is 0 Å². The lowest BCUT2D eigenvalue weighted by molar-refractivity contribution is 0.0771. The third kappa shape index (κ3) is 2.58. The Morgan fingerprint density at radius 1 is 1.21 bits per heavy atom. The van der Waals surface area contributed by atoms with E-state index in [4.69, 9.17) is 5.73 Å². The monoisotopic (exact) mass is 260 g/mol. The lowest BCUT2D eigenvalue weighted by Gasteiger charge is -2.21. The maximum Gasteiger partial charge on any atom is 0.254 e. The van der Waals surface area contributed by atoms with E-state index in [0.29, 0.717) is 36.0 Å². The van der Waals surface area contributed by atoms with Crippen molar-refractivity contribution in [2.75, 3.05) is 19.6 Å². The molecule has 2 N–H and O–H groups in total. The summed E-state index contributed by atoms with van der Waals surface area (Å²) >= 11 is 0. The number of carbonyl (C=O) groups is 1. The lowest BCUT2D eigenvalue weighted by atomic mass is 10.0. The van der Waals surface area contributed by atoms with E-state index in [1.165, 1.54) is 6.07 Å². The fourth-order valence-electron chi connectivity index (χ4n) is 2.18. The molecule has 2 aromatic rings. The van der Waals surface area contributed by atoms with Gasteiger partial charge >= 0.3 is 0 Å². The zero-order chi connectivity index (χ0) is 13.8. The van der Waals surface area contributed by atoms with E-state index in [2.05, 4.69) is 0 Å². The molecular formula is C15H17FN2O. The van der Waals surface area contributed by atoms with Crippen LogP contribution in [0.15, 0.2) is 36.4 Å². The van der Waals surface area contributed by atoms with E-state index in [0.717, 1.165) is 0 Å². The van der Waals surface area contributed by atoms with Gasteiger partial charge in [0.25, 0.3) is 5.91 Å². The fourth-order valence-corrected chi connectivity index (χ4v) is 2.18. The minimum absolute atomic E-state index is 0.107. The van der Waals surface area contributed by atoms with Crippen LogP contribution >= 0.6 is 0 Å². The molecule has 0 aliphatic heterocycles. The molecule has 0 fully saturated rings. The Labute approximate surface area is 111 Å². The number of nitrogens with two attached hydrogens (primary N) is 1. The van der Waals surface area contributed by atoms with Gasteiger partial charge in [0.15, 0.2) is 0 Å². The first-order chi connectivity index (χ1) is 9.19. The molecule has 1 amide bonds. The number of rotatable bonds is 4. The molecule has 0 saturated carbocycles. The third-order valence-electron chi connectivity index (χ3n) is 3.17. The van der Waals surface area contributed by atoms with E-state index in [9.17, 15) is 9.18 Å². The summed E-state index contributed by atoms with van der Waals surface area (Å²) in [7, 11) is 0. The van der Waals surface area contributed by atoms with Gasteiger partial charge in [0.1, 0.15) is 5.82 Å². The van der Waals surface area contributed by atoms with Gasteiger partial charge in [0.2, 0.25) is 0 Å². The summed E-state index contributed by atoms with van der Waals surface area (Å²) in [5, 5.41) is 1.11. The second-order valence-electron chi connectivity index (χ2n) is 4.31. The summed E-state index contributed by atoms with van der Waals surface area (Å²) in [5.41, 5.74) is 6.02. The number of hydrogen-bond acceptors (Lipinski definition) is 2. The third-order valence-corrected chi connectivity index (χ3v) is 3.17. The molecule has 0 radical (unpaired) electrons. The molecule has 0 aliphatic carbocycles. The Bertz CT molecular complexity index is 598. The van der Waals surface area contributed by atoms with Gasteiger partial charge in [-0.1, -0.05) is 24.3 Å². The fraction of sp³-hybridized carbons (Fsp3) is 0.267. The van der Waals surface area contributed by atoms with Crippen molar-refractivity contribution in [3.05, 3.63) is 47.8 Å². The van der Waals surface area contributed by atoms with Crippen LogP contribution in [0.5, 0.6) is 0 Å². The number of nitrogens with zero attached hydrogens (tertiary/aromatic N) is 1. The van der Waals surface area contributed by atoms with Gasteiger partial charge in [-0.3, -0.25) is 4.79 Å². The van der Waals surface area contributed by atoms with Crippen molar-refractivity contribution in [3.63, 3.8) is 0 Å². The molecule has 0 bridgehead atoms. The first-order valence-corrected chi connectivity index (χ1v) is 6.35. The first-order valence-electron chi connectivity index (χ1n) is 6.35. The largest absolute Gasteiger partial charge is 0.338 e. The van der Waals surface area contributed by atoms with Crippen molar-refractivity contribution in [2.24, 2.45) is 5.73 Å². The number of fused-ring (bicyclic) bond motifs is 1. The number of halogens is 1. The van der Waals surface area contributed by atoms with Crippen LogP contribution < -0.4 is 5.73 Å². The predicted molar refractivity (Wildman–Crippen MR) is 74.5 cm³/mol. The highest BCUT2D eigenvalue weighted by atomic mass is 19.1. The zero-order valence-corrected chi connectivity index (χ0v) is 10.9. The molecule has 0 aromatic heterocycles. The molecule has 0 atom stereocenters. The van der Waals surface area contributed by atoms with Crippen LogP contribution in [-0.4, -0.2) is 30.4 Å². The van der Waals surface area contributed by atoms with Gasteiger partial charge in [-0.05, 0) is 24.4 Å². The van der Waals surface area contributed by atoms with Gasteiger partial charge < -0.3 is 10.6 Å². The number of amides is 1. The summed E-state index contributed by atoms with van der Waals surface area (Å²) in [6.07, 6.45) is 0. The van der Waals surface area contributed by atoms with Crippen LogP contribution in [0.2, 0.25) is 0 Å². The number of hydrogen-bond donors (Lipinski definition) is 1. The van der Waals surface area contributed by atoms with Crippen LogP contribution in [0.25, 0.3) is 10.8 Å². The van der Waals surface area contributed by atoms with Gasteiger partial charge in [-0.2, -0.15) is 0 Å². The molecule has 100 valence electrons. The van der Waals surface area contributed by atoms with Crippen LogP contribution in [0.3, 0.4) is 0 Å². The van der Waals surface area contributed by atoms with E-state index >= 15 is 0 Å². The second-order valence-corrected chi connectivity index (χ2v) is 4.31. The summed E-state index contributed by atoms with van der Waals surface area (Å²) < 4.78 is 13.7. The Balaban J connectivity index is 2.51. The van der Waals surface area contributed by atoms with Crippen molar-refractivity contribution in [1.29, 1.82) is 0 Å². The minimum atomic E-state index is -0.311. The van der Waals surface area contributed by atoms with Crippen molar-refractivity contribution < 1.29 is 9.18 Å². The highest BCUT2D eigenvalue weighted by Gasteiger charge is 2.17. The molecule has 2 aromatic carbocycles. The summed E-state index contributed by atoms with van der Waals surface area (Å²) in [5.74, 6) is -0.418. The van der Waals surface area contributed by atoms with Crippen molar-refractivity contribution in [1.82, 2.24) is 4.90 Å². The maximum atomic E-state index is 13.7. The molecule has 2 rings (SSSR count). The van der Waals surface area contributed by atoms with E-state index < -0.39 is 0 Å². The van der Waals surface area contributed by atoms with Gasteiger partial charge in [-0.25, -0.2) is 4.39 Å². The van der Waals surface area contributed by atoms with Crippen molar-refractivity contribution in [3.8, 4) is 0 Å². The Morgan fingerprint density at radius 3 is 2.53 bits per heavy atom. The summed E-state index contributed by atoms with van der Waals surface area (Å²) in [4.78, 5) is 14.1. The quantitative estimate of drug-likeness (QED) is 0.917. The van der Waals surface area contributed by atoms with Crippen LogP contribution in [0.1, 0.15) is 17.3 Å². The van der Waals surface area contributed by atoms with Gasteiger partial charge in [-0.15, -0.1) is 0 Å². The molecule has 0 heterocycles. The Morgan fingerprint density at radius 2 is 1.89 bits per heavy atom. The maximum absolute atomic E-state index is 13.7. The minimum Gasteiger partial charge on any atom is -0.338 e. The smallest absolute Gasteiger partial charge is 0.254 e. The standard InChI is InChI=1S/C15H17FN2O/c1-2-18(10-9-17)15(19)13-7-8-14(16)12-6-4-3-5-11(12)13/h3-8H,2,9-10,17H2,1H3. The second kappa shape index (κ2) is 5.80. The molecule has 0 saturated heterocycles. The van der Waals surface area contributed by atoms with E-state index in [-0.39, 0.29) is 11.7 Å².